The molecule has 0 saturated carbocycles. The fourth-order valence-electron chi connectivity index (χ4n) is 3.04. The maximum absolute atomic E-state index is 14.3. The lowest BCUT2D eigenvalue weighted by molar-refractivity contribution is -0.124. The van der Waals surface area contributed by atoms with Crippen LogP contribution in [0.25, 0.3) is 22.8 Å². The summed E-state index contributed by atoms with van der Waals surface area (Å²) in [5, 5.41) is 8.49. The lowest BCUT2D eigenvalue weighted by Crippen LogP contribution is -2.25. The Morgan fingerprint density at radius 1 is 1.21 bits per heavy atom. The first-order chi connectivity index (χ1) is 13.7. The minimum absolute atomic E-state index is 0.0426. The second kappa shape index (κ2) is 7.88. The van der Waals surface area contributed by atoms with E-state index < -0.39 is 23.6 Å². The van der Waals surface area contributed by atoms with Crippen molar-refractivity contribution in [3.05, 3.63) is 69.2 Å². The second-order valence-electron chi connectivity index (χ2n) is 6.62. The van der Waals surface area contributed by atoms with E-state index in [1.807, 2.05) is 19.9 Å². The van der Waals surface area contributed by atoms with E-state index >= 15 is 0 Å². The molecule has 2 heterocycles. The number of alkyl halides is 1. The summed E-state index contributed by atoms with van der Waals surface area (Å²) in [4.78, 5) is 32.1. The highest BCUT2D eigenvalue weighted by Crippen LogP contribution is 2.22. The lowest BCUT2D eigenvalue weighted by Gasteiger charge is -2.15. The molecule has 7 nitrogen and oxygen atoms in total. The van der Waals surface area contributed by atoms with Crippen molar-refractivity contribution in [2.75, 3.05) is 0 Å². The van der Waals surface area contributed by atoms with E-state index in [-0.39, 0.29) is 22.4 Å². The molecule has 3 aromatic rings. The molecule has 1 atom stereocenters. The average Bonchev–Trinajstić information content (AvgIpc) is 2.65. The fourth-order valence-corrected chi connectivity index (χ4v) is 3.04. The molecular formula is C20H18F2N4O3. The minimum atomic E-state index is -1.61. The number of amides is 1. The zero-order chi connectivity index (χ0) is 21.3. The molecule has 1 aromatic carbocycles. The molecule has 0 saturated heterocycles. The van der Waals surface area contributed by atoms with Crippen molar-refractivity contribution in [3.8, 4) is 5.69 Å². The summed E-state index contributed by atoms with van der Waals surface area (Å²) in [7, 11) is 0. The number of aromatic nitrogens is 3. The molecule has 0 spiro atoms. The highest BCUT2D eigenvalue weighted by atomic mass is 19.1. The van der Waals surface area contributed by atoms with E-state index in [9.17, 15) is 18.4 Å². The highest BCUT2D eigenvalue weighted by Gasteiger charge is 2.20. The number of hydroxylamine groups is 1. The van der Waals surface area contributed by atoms with Gasteiger partial charge >= 0.3 is 0 Å². The SMILES string of the molecule is Cc1cc(C)cc(-n2c(C(C)F)nc3nc(F)c(/C=C/C(=O)NO)cc3c2=O)c1. The third kappa shape index (κ3) is 4.04. The van der Waals surface area contributed by atoms with Crippen molar-refractivity contribution >= 4 is 23.0 Å². The van der Waals surface area contributed by atoms with Gasteiger partial charge in [-0.2, -0.15) is 9.37 Å². The summed E-state index contributed by atoms with van der Waals surface area (Å²) in [6.07, 6.45) is 0.324. The van der Waals surface area contributed by atoms with Crippen LogP contribution in [-0.2, 0) is 4.79 Å². The fraction of sp³-hybridized carbons (Fsp3) is 0.200. The molecule has 29 heavy (non-hydrogen) atoms. The van der Waals surface area contributed by atoms with Crippen LogP contribution in [0.4, 0.5) is 8.78 Å². The van der Waals surface area contributed by atoms with Crippen LogP contribution in [-0.4, -0.2) is 25.6 Å². The monoisotopic (exact) mass is 400 g/mol. The molecule has 1 unspecified atom stereocenters. The molecule has 1 amide bonds. The molecule has 0 aliphatic carbocycles. The normalized spacial score (nSPS) is 12.5. The molecule has 0 fully saturated rings. The highest BCUT2D eigenvalue weighted by molar-refractivity contribution is 5.91. The predicted molar refractivity (Wildman–Crippen MR) is 103 cm³/mol. The van der Waals surface area contributed by atoms with Crippen LogP contribution in [0.5, 0.6) is 0 Å². The average molecular weight is 400 g/mol. The van der Waals surface area contributed by atoms with Crippen LogP contribution in [0.1, 0.15) is 35.6 Å². The van der Waals surface area contributed by atoms with Gasteiger partial charge in [0.25, 0.3) is 11.5 Å². The standard InChI is InChI=1S/C20H18F2N4O3/c1-10-6-11(2)8-14(7-10)26-19(12(3)21)24-18-15(20(26)28)9-13(17(22)23-18)4-5-16(27)25-29/h4-9,12,29H,1-3H3,(H,25,27)/b5-4+. The van der Waals surface area contributed by atoms with Crippen LogP contribution in [0.15, 0.2) is 35.1 Å². The van der Waals surface area contributed by atoms with Crippen molar-refractivity contribution in [2.24, 2.45) is 0 Å². The third-order valence-electron chi connectivity index (χ3n) is 4.21. The molecular weight excluding hydrogens is 382 g/mol. The predicted octanol–water partition coefficient (Wildman–Crippen LogP) is 3.09. The molecule has 2 N–H and O–H groups in total. The molecule has 3 rings (SSSR count). The van der Waals surface area contributed by atoms with Gasteiger partial charge in [0, 0.05) is 11.6 Å². The van der Waals surface area contributed by atoms with Gasteiger partial charge in [-0.1, -0.05) is 6.07 Å². The number of nitrogens with zero attached hydrogens (tertiary/aromatic N) is 3. The molecule has 0 aliphatic rings. The molecule has 0 aliphatic heterocycles. The summed E-state index contributed by atoms with van der Waals surface area (Å²) in [5.41, 5.74) is 2.54. The van der Waals surface area contributed by atoms with Crippen molar-refractivity contribution in [3.63, 3.8) is 0 Å². The van der Waals surface area contributed by atoms with E-state index in [2.05, 4.69) is 9.97 Å². The summed E-state index contributed by atoms with van der Waals surface area (Å²) in [6, 6.07) is 6.53. The van der Waals surface area contributed by atoms with Gasteiger partial charge in [-0.25, -0.2) is 14.9 Å². The minimum Gasteiger partial charge on any atom is -0.288 e. The number of hydrogen-bond donors (Lipinski definition) is 2. The number of carbonyl (C=O) groups is 1. The smallest absolute Gasteiger partial charge is 0.267 e. The van der Waals surface area contributed by atoms with Gasteiger partial charge < -0.3 is 0 Å². The van der Waals surface area contributed by atoms with E-state index in [1.54, 1.807) is 12.1 Å². The molecule has 0 bridgehead atoms. The topological polar surface area (TPSA) is 97.1 Å². The Kier molecular flexibility index (Phi) is 5.51. The summed E-state index contributed by atoms with van der Waals surface area (Å²) >= 11 is 0. The number of halogens is 2. The Balaban J connectivity index is 2.33. The Hall–Kier alpha value is -3.46. The number of carbonyl (C=O) groups excluding carboxylic acids is 1. The van der Waals surface area contributed by atoms with Crippen LogP contribution >= 0.6 is 0 Å². The third-order valence-corrected chi connectivity index (χ3v) is 4.21. The van der Waals surface area contributed by atoms with E-state index in [1.165, 1.54) is 18.5 Å². The Bertz CT molecular complexity index is 1180. The molecule has 0 radical (unpaired) electrons. The first-order valence-corrected chi connectivity index (χ1v) is 8.69. The maximum atomic E-state index is 14.3. The zero-order valence-corrected chi connectivity index (χ0v) is 15.9. The summed E-state index contributed by atoms with van der Waals surface area (Å²) < 4.78 is 29.7. The maximum Gasteiger partial charge on any atom is 0.267 e. The number of nitrogens with one attached hydrogen (secondary N) is 1. The Labute approximate surface area is 164 Å². The number of benzene rings is 1. The first-order valence-electron chi connectivity index (χ1n) is 8.69. The van der Waals surface area contributed by atoms with E-state index in [4.69, 9.17) is 5.21 Å². The summed E-state index contributed by atoms with van der Waals surface area (Å²) in [6.45, 7) is 4.93. The van der Waals surface area contributed by atoms with Crippen LogP contribution in [0.2, 0.25) is 0 Å². The van der Waals surface area contributed by atoms with Crippen molar-refractivity contribution in [2.45, 2.75) is 26.9 Å². The number of rotatable bonds is 4. The van der Waals surface area contributed by atoms with E-state index in [0.29, 0.717) is 5.69 Å². The Morgan fingerprint density at radius 3 is 2.45 bits per heavy atom. The largest absolute Gasteiger partial charge is 0.288 e. The van der Waals surface area contributed by atoms with Gasteiger partial charge in [-0.15, -0.1) is 0 Å². The second-order valence-corrected chi connectivity index (χ2v) is 6.62. The van der Waals surface area contributed by atoms with E-state index in [0.717, 1.165) is 27.8 Å². The molecule has 2 aromatic heterocycles. The zero-order valence-electron chi connectivity index (χ0n) is 15.9. The van der Waals surface area contributed by atoms with Crippen molar-refractivity contribution in [1.82, 2.24) is 20.0 Å². The van der Waals surface area contributed by atoms with Gasteiger partial charge in [0.2, 0.25) is 5.95 Å². The first kappa shape index (κ1) is 20.3. The van der Waals surface area contributed by atoms with Gasteiger partial charge in [0.15, 0.2) is 17.6 Å². The van der Waals surface area contributed by atoms with Crippen LogP contribution in [0.3, 0.4) is 0 Å². The van der Waals surface area contributed by atoms with Crippen LogP contribution < -0.4 is 11.0 Å². The van der Waals surface area contributed by atoms with Gasteiger partial charge in [0.05, 0.1) is 11.1 Å². The quantitative estimate of drug-likeness (QED) is 0.304. The van der Waals surface area contributed by atoms with Crippen molar-refractivity contribution < 1.29 is 18.8 Å². The van der Waals surface area contributed by atoms with Gasteiger partial charge in [-0.3, -0.25) is 19.4 Å². The molecule has 9 heteroatoms. The van der Waals surface area contributed by atoms with Crippen LogP contribution in [0, 0.1) is 19.8 Å². The lowest BCUT2D eigenvalue weighted by atomic mass is 10.1. The Morgan fingerprint density at radius 2 is 1.86 bits per heavy atom. The van der Waals surface area contributed by atoms with Gasteiger partial charge in [0.1, 0.15) is 0 Å². The number of aryl methyl sites for hydroxylation is 2. The van der Waals surface area contributed by atoms with Crippen molar-refractivity contribution in [1.29, 1.82) is 0 Å². The number of hydrogen-bond acceptors (Lipinski definition) is 5. The number of fused-ring (bicyclic) bond motifs is 1. The van der Waals surface area contributed by atoms with Gasteiger partial charge in [-0.05, 0) is 56.2 Å². The summed E-state index contributed by atoms with van der Waals surface area (Å²) in [5.74, 6) is -2.06. The molecule has 150 valence electrons. The number of pyridine rings is 1.